The quantitative estimate of drug-likeness (QED) is 0.864. The number of nitrogens with zero attached hydrogens (tertiary/aromatic N) is 1. The maximum atomic E-state index is 6.28. The summed E-state index contributed by atoms with van der Waals surface area (Å²) in [4.78, 5) is 10.4. The highest BCUT2D eigenvalue weighted by molar-refractivity contribution is 7.15. The Bertz CT molecular complexity index is 511. The van der Waals surface area contributed by atoms with Gasteiger partial charge in [0.05, 0.1) is 22.3 Å². The van der Waals surface area contributed by atoms with Gasteiger partial charge in [-0.3, -0.25) is 0 Å². The van der Waals surface area contributed by atoms with Crippen LogP contribution < -0.4 is 5.73 Å². The van der Waals surface area contributed by atoms with Crippen molar-refractivity contribution in [2.75, 3.05) is 0 Å². The molecule has 0 amide bonds. The van der Waals surface area contributed by atoms with Crippen molar-refractivity contribution in [3.05, 3.63) is 29.0 Å². The van der Waals surface area contributed by atoms with E-state index < -0.39 is 0 Å². The van der Waals surface area contributed by atoms with E-state index in [0.717, 1.165) is 30.8 Å². The van der Waals surface area contributed by atoms with Gasteiger partial charge in [0, 0.05) is 4.88 Å². The largest absolute Gasteiger partial charge is 0.340 e. The summed E-state index contributed by atoms with van der Waals surface area (Å²) in [6.07, 6.45) is 4.96. The van der Waals surface area contributed by atoms with Crippen molar-refractivity contribution in [2.45, 2.75) is 45.6 Å². The molecule has 0 fully saturated rings. The van der Waals surface area contributed by atoms with Crippen LogP contribution in [0.5, 0.6) is 0 Å². The van der Waals surface area contributed by atoms with E-state index in [-0.39, 0.29) is 5.54 Å². The lowest BCUT2D eigenvalue weighted by molar-refractivity contribution is 0.423. The molecule has 0 aliphatic carbocycles. The summed E-state index contributed by atoms with van der Waals surface area (Å²) in [6.45, 7) is 6.35. The van der Waals surface area contributed by atoms with Crippen molar-refractivity contribution >= 4 is 11.3 Å². The standard InChI is InChI=1S/C14H21N3S/c1-4-8-14(3,15)13-16-9-11(17-13)12-7-6-10(5-2)18-12/h6-7,9H,4-5,8,15H2,1-3H3,(H,16,17). The summed E-state index contributed by atoms with van der Waals surface area (Å²) in [5.74, 6) is 0.880. The lowest BCUT2D eigenvalue weighted by Gasteiger charge is -2.20. The molecular weight excluding hydrogens is 242 g/mol. The average Bonchev–Trinajstić information content (AvgIpc) is 2.98. The van der Waals surface area contributed by atoms with Crippen LogP contribution in [-0.4, -0.2) is 9.97 Å². The van der Waals surface area contributed by atoms with E-state index in [9.17, 15) is 0 Å². The number of hydrogen-bond donors (Lipinski definition) is 2. The molecule has 3 N–H and O–H groups in total. The van der Waals surface area contributed by atoms with Crippen LogP contribution in [-0.2, 0) is 12.0 Å². The summed E-state index contributed by atoms with van der Waals surface area (Å²) in [7, 11) is 0. The molecule has 0 saturated carbocycles. The van der Waals surface area contributed by atoms with Crippen molar-refractivity contribution in [1.29, 1.82) is 0 Å². The number of aromatic nitrogens is 2. The van der Waals surface area contributed by atoms with Gasteiger partial charge in [-0.2, -0.15) is 0 Å². The maximum Gasteiger partial charge on any atom is 0.126 e. The van der Waals surface area contributed by atoms with Crippen molar-refractivity contribution in [3.8, 4) is 10.6 Å². The third-order valence-corrected chi connectivity index (χ3v) is 4.42. The number of nitrogens with one attached hydrogen (secondary N) is 1. The zero-order valence-electron chi connectivity index (χ0n) is 11.3. The Balaban J connectivity index is 2.24. The van der Waals surface area contributed by atoms with Crippen LogP contribution in [0.15, 0.2) is 18.3 Å². The second-order valence-electron chi connectivity index (χ2n) is 4.93. The molecule has 2 heterocycles. The van der Waals surface area contributed by atoms with Crippen molar-refractivity contribution in [2.24, 2.45) is 5.73 Å². The van der Waals surface area contributed by atoms with Crippen molar-refractivity contribution in [3.63, 3.8) is 0 Å². The van der Waals surface area contributed by atoms with Crippen molar-refractivity contribution in [1.82, 2.24) is 9.97 Å². The number of H-pyrrole nitrogens is 1. The van der Waals surface area contributed by atoms with Gasteiger partial charge in [0.25, 0.3) is 0 Å². The van der Waals surface area contributed by atoms with Crippen molar-refractivity contribution < 1.29 is 0 Å². The van der Waals surface area contributed by atoms with Gasteiger partial charge in [-0.25, -0.2) is 4.98 Å². The Kier molecular flexibility index (Phi) is 3.88. The smallest absolute Gasteiger partial charge is 0.126 e. The fourth-order valence-corrected chi connectivity index (χ4v) is 3.00. The first-order valence-electron chi connectivity index (χ1n) is 6.50. The lowest BCUT2D eigenvalue weighted by Crippen LogP contribution is -2.34. The van der Waals surface area contributed by atoms with Crippen LogP contribution in [0, 0.1) is 0 Å². The second kappa shape index (κ2) is 5.24. The van der Waals surface area contributed by atoms with Gasteiger partial charge in [0.2, 0.25) is 0 Å². The van der Waals surface area contributed by atoms with E-state index in [2.05, 4.69) is 35.9 Å². The molecule has 18 heavy (non-hydrogen) atoms. The zero-order valence-corrected chi connectivity index (χ0v) is 12.1. The van der Waals surface area contributed by atoms with Gasteiger partial charge >= 0.3 is 0 Å². The van der Waals surface area contributed by atoms with Crippen LogP contribution in [0.3, 0.4) is 0 Å². The highest BCUT2D eigenvalue weighted by atomic mass is 32.1. The first kappa shape index (κ1) is 13.3. The van der Waals surface area contributed by atoms with Gasteiger partial charge in [-0.05, 0) is 31.9 Å². The van der Waals surface area contributed by atoms with Crippen LogP contribution in [0.4, 0.5) is 0 Å². The van der Waals surface area contributed by atoms with E-state index in [1.165, 1.54) is 9.75 Å². The first-order chi connectivity index (χ1) is 8.56. The average molecular weight is 263 g/mol. The fourth-order valence-electron chi connectivity index (χ4n) is 2.09. The molecule has 1 atom stereocenters. The molecule has 0 bridgehead atoms. The lowest BCUT2D eigenvalue weighted by atomic mass is 9.97. The van der Waals surface area contributed by atoms with E-state index in [4.69, 9.17) is 5.73 Å². The molecule has 0 aromatic carbocycles. The molecule has 0 aliphatic rings. The molecule has 98 valence electrons. The molecular formula is C14H21N3S. The Morgan fingerprint density at radius 1 is 1.39 bits per heavy atom. The number of aryl methyl sites for hydroxylation is 1. The summed E-state index contributed by atoms with van der Waals surface area (Å²) >= 11 is 1.81. The summed E-state index contributed by atoms with van der Waals surface area (Å²) in [5.41, 5.74) is 6.99. The first-order valence-corrected chi connectivity index (χ1v) is 7.32. The molecule has 0 aliphatic heterocycles. The molecule has 2 rings (SSSR count). The van der Waals surface area contributed by atoms with Crippen LogP contribution >= 0.6 is 11.3 Å². The minimum absolute atomic E-state index is 0.363. The number of thiophene rings is 1. The molecule has 1 unspecified atom stereocenters. The molecule has 0 radical (unpaired) electrons. The molecule has 2 aromatic heterocycles. The van der Waals surface area contributed by atoms with E-state index >= 15 is 0 Å². The predicted molar refractivity (Wildman–Crippen MR) is 77.7 cm³/mol. The highest BCUT2D eigenvalue weighted by Gasteiger charge is 2.23. The van der Waals surface area contributed by atoms with Crippen LogP contribution in [0.1, 0.15) is 44.3 Å². The number of nitrogens with two attached hydrogens (primary N) is 1. The molecule has 0 saturated heterocycles. The number of rotatable bonds is 5. The topological polar surface area (TPSA) is 54.7 Å². The molecule has 2 aromatic rings. The number of imidazole rings is 1. The van der Waals surface area contributed by atoms with Crippen LogP contribution in [0.2, 0.25) is 0 Å². The van der Waals surface area contributed by atoms with Gasteiger partial charge in [0.15, 0.2) is 0 Å². The van der Waals surface area contributed by atoms with Gasteiger partial charge in [0.1, 0.15) is 5.82 Å². The monoisotopic (exact) mass is 263 g/mol. The van der Waals surface area contributed by atoms with E-state index in [1.54, 1.807) is 0 Å². The minimum Gasteiger partial charge on any atom is -0.340 e. The third kappa shape index (κ3) is 2.65. The Labute approximate surface area is 112 Å². The zero-order chi connectivity index (χ0) is 13.2. The van der Waals surface area contributed by atoms with Gasteiger partial charge in [-0.1, -0.05) is 20.3 Å². The van der Waals surface area contributed by atoms with Gasteiger partial charge in [-0.15, -0.1) is 11.3 Å². The molecule has 3 nitrogen and oxygen atoms in total. The molecule has 4 heteroatoms. The number of hydrogen-bond acceptors (Lipinski definition) is 3. The van der Waals surface area contributed by atoms with E-state index in [1.807, 2.05) is 24.5 Å². The van der Waals surface area contributed by atoms with Gasteiger partial charge < -0.3 is 10.7 Å². The summed E-state index contributed by atoms with van der Waals surface area (Å²) in [5, 5.41) is 0. The van der Waals surface area contributed by atoms with E-state index in [0.29, 0.717) is 0 Å². The highest BCUT2D eigenvalue weighted by Crippen LogP contribution is 2.29. The summed E-state index contributed by atoms with van der Waals surface area (Å²) < 4.78 is 0. The SMILES string of the molecule is CCCC(C)(N)c1ncc(-c2ccc(CC)s2)[nH]1. The Morgan fingerprint density at radius 2 is 2.17 bits per heavy atom. The van der Waals surface area contributed by atoms with Crippen LogP contribution in [0.25, 0.3) is 10.6 Å². The second-order valence-corrected chi connectivity index (χ2v) is 6.10. The minimum atomic E-state index is -0.363. The molecule has 0 spiro atoms. The fraction of sp³-hybridized carbons (Fsp3) is 0.500. The Hall–Kier alpha value is -1.13. The normalized spacial score (nSPS) is 14.7. The predicted octanol–water partition coefficient (Wildman–Crippen LogP) is 3.67. The third-order valence-electron chi connectivity index (χ3n) is 3.16. The number of aromatic amines is 1. The Morgan fingerprint density at radius 3 is 2.78 bits per heavy atom. The maximum absolute atomic E-state index is 6.28. The summed E-state index contributed by atoms with van der Waals surface area (Å²) in [6, 6.07) is 4.32.